The lowest BCUT2D eigenvalue weighted by atomic mass is 10.0. The summed E-state index contributed by atoms with van der Waals surface area (Å²) in [6.45, 7) is 3.53. The van der Waals surface area contributed by atoms with Crippen LogP contribution in [0.5, 0.6) is 0 Å². The van der Waals surface area contributed by atoms with Crippen molar-refractivity contribution in [3.8, 4) is 0 Å². The standard InChI is InChI=1S/C25H22N4O3S/c1-17-16-18(2)27-25(26-17)29-33(31,32)22-13-11-21(12-14-22)28-24(30)15-10-20-8-5-7-19-6-3-4-9-23(19)20/h3-16H,1-2H3,(H,28,30)(H,26,27,29). The highest BCUT2D eigenvalue weighted by Gasteiger charge is 2.16. The predicted octanol–water partition coefficient (Wildman–Crippen LogP) is 4.70. The summed E-state index contributed by atoms with van der Waals surface area (Å²) in [6.07, 6.45) is 3.20. The van der Waals surface area contributed by atoms with Crippen molar-refractivity contribution in [3.05, 3.63) is 95.8 Å². The number of amides is 1. The summed E-state index contributed by atoms with van der Waals surface area (Å²) in [5.41, 5.74) is 2.73. The summed E-state index contributed by atoms with van der Waals surface area (Å²) in [5, 5.41) is 4.89. The van der Waals surface area contributed by atoms with Crippen LogP contribution < -0.4 is 10.0 Å². The van der Waals surface area contributed by atoms with Gasteiger partial charge in [0, 0.05) is 23.2 Å². The monoisotopic (exact) mass is 458 g/mol. The van der Waals surface area contributed by atoms with Crippen LogP contribution in [0.2, 0.25) is 0 Å². The second-order valence-corrected chi connectivity index (χ2v) is 9.18. The van der Waals surface area contributed by atoms with Crippen LogP contribution in [0.1, 0.15) is 17.0 Å². The maximum atomic E-state index is 12.6. The Morgan fingerprint density at radius 1 is 0.879 bits per heavy atom. The second-order valence-electron chi connectivity index (χ2n) is 7.50. The lowest BCUT2D eigenvalue weighted by Crippen LogP contribution is -2.16. The zero-order valence-corrected chi connectivity index (χ0v) is 18.9. The molecule has 8 heteroatoms. The van der Waals surface area contributed by atoms with Gasteiger partial charge in [-0.2, -0.15) is 0 Å². The molecule has 0 unspecified atom stereocenters. The lowest BCUT2D eigenvalue weighted by molar-refractivity contribution is -0.111. The Morgan fingerprint density at radius 3 is 2.27 bits per heavy atom. The van der Waals surface area contributed by atoms with E-state index in [0.717, 1.165) is 16.3 Å². The van der Waals surface area contributed by atoms with Crippen LogP contribution >= 0.6 is 0 Å². The van der Waals surface area contributed by atoms with Crippen molar-refractivity contribution in [2.75, 3.05) is 10.0 Å². The van der Waals surface area contributed by atoms with Crippen LogP contribution in [-0.2, 0) is 14.8 Å². The van der Waals surface area contributed by atoms with E-state index < -0.39 is 10.0 Å². The van der Waals surface area contributed by atoms with Crippen molar-refractivity contribution < 1.29 is 13.2 Å². The number of hydrogen-bond acceptors (Lipinski definition) is 5. The summed E-state index contributed by atoms with van der Waals surface area (Å²) in [6, 6.07) is 21.5. The molecule has 0 aliphatic carbocycles. The number of nitrogens with zero attached hydrogens (tertiary/aromatic N) is 2. The van der Waals surface area contributed by atoms with Crippen molar-refractivity contribution in [1.29, 1.82) is 0 Å². The van der Waals surface area contributed by atoms with E-state index in [1.54, 1.807) is 26.0 Å². The molecule has 0 saturated carbocycles. The number of aryl methyl sites for hydroxylation is 2. The smallest absolute Gasteiger partial charge is 0.264 e. The first-order valence-corrected chi connectivity index (χ1v) is 11.7. The summed E-state index contributed by atoms with van der Waals surface area (Å²) in [4.78, 5) is 20.6. The van der Waals surface area contributed by atoms with Crippen molar-refractivity contribution in [2.45, 2.75) is 18.7 Å². The minimum absolute atomic E-state index is 0.0171. The Bertz CT molecular complexity index is 1440. The molecule has 0 bridgehead atoms. The van der Waals surface area contributed by atoms with Gasteiger partial charge in [0.2, 0.25) is 11.9 Å². The van der Waals surface area contributed by atoms with E-state index in [2.05, 4.69) is 20.0 Å². The van der Waals surface area contributed by atoms with Crippen molar-refractivity contribution in [2.24, 2.45) is 0 Å². The normalized spacial score (nSPS) is 11.6. The van der Waals surface area contributed by atoms with Crippen molar-refractivity contribution in [3.63, 3.8) is 0 Å². The quantitative estimate of drug-likeness (QED) is 0.408. The molecule has 0 atom stereocenters. The Hall–Kier alpha value is -4.04. The number of aromatic nitrogens is 2. The number of carbonyl (C=O) groups excluding carboxylic acids is 1. The number of fused-ring (bicyclic) bond motifs is 1. The number of nitrogens with one attached hydrogen (secondary N) is 2. The summed E-state index contributed by atoms with van der Waals surface area (Å²) >= 11 is 0. The molecule has 2 N–H and O–H groups in total. The topological polar surface area (TPSA) is 101 Å². The van der Waals surface area contributed by atoms with E-state index in [-0.39, 0.29) is 16.8 Å². The highest BCUT2D eigenvalue weighted by Crippen LogP contribution is 2.20. The lowest BCUT2D eigenvalue weighted by Gasteiger charge is -2.09. The average Bonchev–Trinajstić information content (AvgIpc) is 2.77. The number of rotatable bonds is 6. The Balaban J connectivity index is 1.44. The van der Waals surface area contributed by atoms with Crippen LogP contribution in [0.15, 0.2) is 83.8 Å². The Morgan fingerprint density at radius 2 is 1.55 bits per heavy atom. The molecule has 3 aromatic carbocycles. The molecule has 1 amide bonds. The van der Waals surface area contributed by atoms with E-state index in [4.69, 9.17) is 0 Å². The van der Waals surface area contributed by atoms with Crippen LogP contribution in [0.25, 0.3) is 16.8 Å². The van der Waals surface area contributed by atoms with Crippen LogP contribution in [0.4, 0.5) is 11.6 Å². The fourth-order valence-corrected chi connectivity index (χ4v) is 4.36. The van der Waals surface area contributed by atoms with Crippen molar-refractivity contribution >= 4 is 44.4 Å². The van der Waals surface area contributed by atoms with Gasteiger partial charge in [0.25, 0.3) is 10.0 Å². The highest BCUT2D eigenvalue weighted by atomic mass is 32.2. The molecule has 1 aromatic heterocycles. The molecule has 0 aliphatic heterocycles. The van der Waals surface area contributed by atoms with Crippen LogP contribution in [0.3, 0.4) is 0 Å². The third kappa shape index (κ3) is 5.42. The zero-order chi connectivity index (χ0) is 23.4. The van der Waals surface area contributed by atoms with E-state index >= 15 is 0 Å². The number of anilines is 2. The molecule has 0 saturated heterocycles. The Kier molecular flexibility index (Phi) is 6.19. The highest BCUT2D eigenvalue weighted by molar-refractivity contribution is 7.92. The molecule has 0 spiro atoms. The molecule has 4 aromatic rings. The van der Waals surface area contributed by atoms with Gasteiger partial charge in [0.1, 0.15) is 0 Å². The van der Waals surface area contributed by atoms with Gasteiger partial charge in [0.05, 0.1) is 4.90 Å². The van der Waals surface area contributed by atoms with Gasteiger partial charge in [-0.15, -0.1) is 0 Å². The van der Waals surface area contributed by atoms with E-state index in [1.165, 1.54) is 30.3 Å². The minimum Gasteiger partial charge on any atom is -0.323 e. The summed E-state index contributed by atoms with van der Waals surface area (Å²) in [5.74, 6) is -0.302. The molecular weight excluding hydrogens is 436 g/mol. The SMILES string of the molecule is Cc1cc(C)nc(NS(=O)(=O)c2ccc(NC(=O)C=Cc3cccc4ccccc34)cc2)n1. The van der Waals surface area contributed by atoms with Gasteiger partial charge in [-0.1, -0.05) is 42.5 Å². The molecule has 1 heterocycles. The average molecular weight is 459 g/mol. The fraction of sp³-hybridized carbons (Fsp3) is 0.0800. The van der Waals surface area contributed by atoms with E-state index in [9.17, 15) is 13.2 Å². The number of sulfonamides is 1. The van der Waals surface area contributed by atoms with E-state index in [0.29, 0.717) is 17.1 Å². The van der Waals surface area contributed by atoms with E-state index in [1.807, 2.05) is 42.5 Å². The maximum absolute atomic E-state index is 12.6. The molecule has 33 heavy (non-hydrogen) atoms. The molecule has 0 fully saturated rings. The largest absolute Gasteiger partial charge is 0.323 e. The second kappa shape index (κ2) is 9.22. The first kappa shape index (κ1) is 22.2. The zero-order valence-electron chi connectivity index (χ0n) is 18.1. The van der Waals surface area contributed by atoms with Gasteiger partial charge in [0.15, 0.2) is 0 Å². The van der Waals surface area contributed by atoms with Gasteiger partial charge in [-0.25, -0.2) is 23.1 Å². The van der Waals surface area contributed by atoms with Gasteiger partial charge in [-0.3, -0.25) is 4.79 Å². The van der Waals surface area contributed by atoms with Crippen molar-refractivity contribution in [1.82, 2.24) is 9.97 Å². The predicted molar refractivity (Wildman–Crippen MR) is 130 cm³/mol. The van der Waals surface area contributed by atoms with Crippen LogP contribution in [0, 0.1) is 13.8 Å². The van der Waals surface area contributed by atoms with Gasteiger partial charge >= 0.3 is 0 Å². The molecule has 7 nitrogen and oxygen atoms in total. The first-order valence-electron chi connectivity index (χ1n) is 10.2. The molecule has 0 aliphatic rings. The summed E-state index contributed by atoms with van der Waals surface area (Å²) < 4.78 is 27.7. The van der Waals surface area contributed by atoms with Crippen LogP contribution in [-0.4, -0.2) is 24.3 Å². The summed E-state index contributed by atoms with van der Waals surface area (Å²) in [7, 11) is -3.86. The third-order valence-corrected chi connectivity index (χ3v) is 6.22. The first-order chi connectivity index (χ1) is 15.8. The molecular formula is C25H22N4O3S. The minimum atomic E-state index is -3.86. The van der Waals surface area contributed by atoms with Gasteiger partial charge < -0.3 is 5.32 Å². The van der Waals surface area contributed by atoms with Gasteiger partial charge in [-0.05, 0) is 66.6 Å². The fourth-order valence-electron chi connectivity index (χ4n) is 3.41. The molecule has 166 valence electrons. The third-order valence-electron chi connectivity index (χ3n) is 4.88. The molecule has 0 radical (unpaired) electrons. The number of hydrogen-bond donors (Lipinski definition) is 2. The number of benzene rings is 3. The Labute approximate surface area is 192 Å². The maximum Gasteiger partial charge on any atom is 0.264 e. The molecule has 4 rings (SSSR count). The number of carbonyl (C=O) groups is 1.